The summed E-state index contributed by atoms with van der Waals surface area (Å²) < 4.78 is 0. The summed E-state index contributed by atoms with van der Waals surface area (Å²) >= 11 is 0. The first-order valence-corrected chi connectivity index (χ1v) is 6.72. The fourth-order valence-electron chi connectivity index (χ4n) is 2.23. The van der Waals surface area contributed by atoms with Crippen molar-refractivity contribution in [2.24, 2.45) is 5.73 Å². The number of fused-ring (bicyclic) bond motifs is 1. The van der Waals surface area contributed by atoms with Gasteiger partial charge in [-0.05, 0) is 37.3 Å². The molecule has 3 aromatic rings. The second-order valence-electron chi connectivity index (χ2n) is 4.97. The number of pyridine rings is 1. The number of aromatic nitrogens is 3. The van der Waals surface area contributed by atoms with Crippen molar-refractivity contribution in [2.45, 2.75) is 13.5 Å². The zero-order valence-electron chi connectivity index (χ0n) is 11.9. The van der Waals surface area contributed by atoms with Gasteiger partial charge in [-0.2, -0.15) is 5.10 Å². The summed E-state index contributed by atoms with van der Waals surface area (Å²) in [6.07, 6.45) is 0. The predicted molar refractivity (Wildman–Crippen MR) is 82.6 cm³/mol. The summed E-state index contributed by atoms with van der Waals surface area (Å²) in [5, 5.41) is 20.3. The van der Waals surface area contributed by atoms with Gasteiger partial charge in [0.05, 0.1) is 12.1 Å². The molecule has 0 aliphatic rings. The number of anilines is 1. The van der Waals surface area contributed by atoms with Crippen LogP contribution in [0.5, 0.6) is 5.75 Å². The summed E-state index contributed by atoms with van der Waals surface area (Å²) in [6, 6.07) is 8.80. The highest BCUT2D eigenvalue weighted by Gasteiger charge is 2.11. The number of carbonyl (C=O) groups excluding carboxylic acids is 1. The third-order valence-electron chi connectivity index (χ3n) is 3.35. The monoisotopic (exact) mass is 297 g/mol. The Morgan fingerprint density at radius 2 is 2.18 bits per heavy atom. The van der Waals surface area contributed by atoms with Crippen molar-refractivity contribution in [1.29, 1.82) is 0 Å². The molecule has 5 N–H and O–H groups in total. The quantitative estimate of drug-likeness (QED) is 0.584. The fourth-order valence-corrected chi connectivity index (χ4v) is 2.23. The third kappa shape index (κ3) is 2.56. The average molecular weight is 297 g/mol. The van der Waals surface area contributed by atoms with E-state index in [4.69, 9.17) is 5.73 Å². The Balaban J connectivity index is 1.86. The van der Waals surface area contributed by atoms with E-state index in [-0.39, 0.29) is 11.4 Å². The van der Waals surface area contributed by atoms with Crippen molar-refractivity contribution in [2.75, 3.05) is 5.32 Å². The minimum atomic E-state index is -0.582. The molecule has 0 saturated heterocycles. The minimum absolute atomic E-state index is 0.139. The molecule has 1 aromatic carbocycles. The van der Waals surface area contributed by atoms with E-state index in [1.54, 1.807) is 24.3 Å². The maximum Gasteiger partial charge on any atom is 0.269 e. The average Bonchev–Trinajstić information content (AvgIpc) is 2.91. The largest absolute Gasteiger partial charge is 0.506 e. The van der Waals surface area contributed by atoms with Crippen LogP contribution in [-0.4, -0.2) is 26.2 Å². The molecule has 0 radical (unpaired) electrons. The van der Waals surface area contributed by atoms with Crippen molar-refractivity contribution < 1.29 is 9.90 Å². The van der Waals surface area contributed by atoms with E-state index in [9.17, 15) is 9.90 Å². The lowest BCUT2D eigenvalue weighted by molar-refractivity contribution is 0.0997. The second kappa shape index (κ2) is 5.36. The number of nitrogens with zero attached hydrogens (tertiary/aromatic N) is 2. The smallest absolute Gasteiger partial charge is 0.269 e. The van der Waals surface area contributed by atoms with E-state index in [2.05, 4.69) is 20.5 Å². The number of nitrogens with one attached hydrogen (secondary N) is 2. The standard InChI is InChI=1S/C15H15N5O2/c1-8-2-5-13(21)12(18-8)7-17-9-3-4-11-10(6-9)14(15(16)22)20-19-11/h2-6,17,21H,7H2,1H3,(H2,16,22)(H,19,20). The van der Waals surface area contributed by atoms with Gasteiger partial charge in [0.15, 0.2) is 5.69 Å². The number of H-pyrrole nitrogens is 1. The number of primary amides is 1. The Kier molecular flexibility index (Phi) is 3.38. The molecule has 0 fully saturated rings. The molecule has 22 heavy (non-hydrogen) atoms. The van der Waals surface area contributed by atoms with Gasteiger partial charge in [0.25, 0.3) is 5.91 Å². The van der Waals surface area contributed by atoms with E-state index in [0.717, 1.165) is 16.9 Å². The Bertz CT molecular complexity index is 856. The summed E-state index contributed by atoms with van der Waals surface area (Å²) in [4.78, 5) is 15.6. The van der Waals surface area contributed by atoms with Crippen LogP contribution in [0.1, 0.15) is 21.9 Å². The highest BCUT2D eigenvalue weighted by molar-refractivity contribution is 6.04. The molecule has 3 rings (SSSR count). The second-order valence-corrected chi connectivity index (χ2v) is 4.97. The van der Waals surface area contributed by atoms with Gasteiger partial charge < -0.3 is 16.2 Å². The molecule has 2 heterocycles. The van der Waals surface area contributed by atoms with E-state index >= 15 is 0 Å². The van der Waals surface area contributed by atoms with E-state index in [0.29, 0.717) is 17.6 Å². The zero-order valence-corrected chi connectivity index (χ0v) is 11.9. The number of amides is 1. The first kappa shape index (κ1) is 13.9. The third-order valence-corrected chi connectivity index (χ3v) is 3.35. The van der Waals surface area contributed by atoms with Crippen LogP contribution in [0.4, 0.5) is 5.69 Å². The number of aromatic amines is 1. The molecule has 112 valence electrons. The molecule has 0 atom stereocenters. The molecule has 0 bridgehead atoms. The molecule has 1 amide bonds. The lowest BCUT2D eigenvalue weighted by Gasteiger charge is -2.08. The lowest BCUT2D eigenvalue weighted by Crippen LogP contribution is -2.11. The molecule has 0 spiro atoms. The zero-order chi connectivity index (χ0) is 15.7. The summed E-state index contributed by atoms with van der Waals surface area (Å²) in [5.41, 5.74) is 8.39. The highest BCUT2D eigenvalue weighted by atomic mass is 16.3. The molecule has 0 aliphatic heterocycles. The van der Waals surface area contributed by atoms with Crippen LogP contribution in [0.25, 0.3) is 10.9 Å². The van der Waals surface area contributed by atoms with Crippen LogP contribution in [0.3, 0.4) is 0 Å². The topological polar surface area (TPSA) is 117 Å². The summed E-state index contributed by atoms with van der Waals surface area (Å²) in [7, 11) is 0. The van der Waals surface area contributed by atoms with Crippen molar-refractivity contribution in [3.05, 3.63) is 47.4 Å². The molecular weight excluding hydrogens is 282 g/mol. The highest BCUT2D eigenvalue weighted by Crippen LogP contribution is 2.22. The summed E-state index contributed by atoms with van der Waals surface area (Å²) in [5.74, 6) is -0.443. The maximum absolute atomic E-state index is 11.3. The predicted octanol–water partition coefficient (Wildman–Crippen LogP) is 1.68. The number of aromatic hydroxyl groups is 1. The van der Waals surface area contributed by atoms with Gasteiger partial charge in [0.1, 0.15) is 11.4 Å². The van der Waals surface area contributed by atoms with Gasteiger partial charge in [0.2, 0.25) is 0 Å². The van der Waals surface area contributed by atoms with Gasteiger partial charge in [-0.1, -0.05) is 0 Å². The Morgan fingerprint density at radius 1 is 1.36 bits per heavy atom. The number of benzene rings is 1. The van der Waals surface area contributed by atoms with E-state index in [1.807, 2.05) is 13.0 Å². The number of nitrogens with two attached hydrogens (primary N) is 1. The molecular formula is C15H15N5O2. The van der Waals surface area contributed by atoms with Crippen LogP contribution in [-0.2, 0) is 6.54 Å². The molecule has 0 aliphatic carbocycles. The van der Waals surface area contributed by atoms with Crippen LogP contribution in [0, 0.1) is 6.92 Å². The Morgan fingerprint density at radius 3 is 2.95 bits per heavy atom. The Labute approximate surface area is 126 Å². The maximum atomic E-state index is 11.3. The molecule has 7 nitrogen and oxygen atoms in total. The first-order valence-electron chi connectivity index (χ1n) is 6.72. The lowest BCUT2D eigenvalue weighted by atomic mass is 10.2. The van der Waals surface area contributed by atoms with E-state index < -0.39 is 5.91 Å². The van der Waals surface area contributed by atoms with E-state index in [1.165, 1.54) is 0 Å². The normalized spacial score (nSPS) is 10.8. The minimum Gasteiger partial charge on any atom is -0.506 e. The molecule has 0 saturated carbocycles. The van der Waals surface area contributed by atoms with Gasteiger partial charge in [0, 0.05) is 16.8 Å². The fraction of sp³-hybridized carbons (Fsp3) is 0.133. The Hall–Kier alpha value is -3.09. The SMILES string of the molecule is Cc1ccc(O)c(CNc2ccc3[nH]nc(C(N)=O)c3c2)n1. The van der Waals surface area contributed by atoms with Gasteiger partial charge in [-0.25, -0.2) is 0 Å². The number of aryl methyl sites for hydroxylation is 1. The van der Waals surface area contributed by atoms with Crippen molar-refractivity contribution in [3.63, 3.8) is 0 Å². The number of rotatable bonds is 4. The van der Waals surface area contributed by atoms with Crippen LogP contribution >= 0.6 is 0 Å². The van der Waals surface area contributed by atoms with Crippen molar-refractivity contribution in [1.82, 2.24) is 15.2 Å². The van der Waals surface area contributed by atoms with Crippen LogP contribution in [0.2, 0.25) is 0 Å². The number of carbonyl (C=O) groups is 1. The van der Waals surface area contributed by atoms with Crippen molar-refractivity contribution >= 4 is 22.5 Å². The number of hydrogen-bond donors (Lipinski definition) is 4. The molecule has 7 heteroatoms. The van der Waals surface area contributed by atoms with Gasteiger partial charge in [-0.15, -0.1) is 0 Å². The van der Waals surface area contributed by atoms with Crippen LogP contribution < -0.4 is 11.1 Å². The molecule has 2 aromatic heterocycles. The van der Waals surface area contributed by atoms with Gasteiger partial charge in [-0.3, -0.25) is 14.9 Å². The summed E-state index contributed by atoms with van der Waals surface area (Å²) in [6.45, 7) is 2.22. The molecule has 0 unspecified atom stereocenters. The van der Waals surface area contributed by atoms with Crippen molar-refractivity contribution in [3.8, 4) is 5.75 Å². The number of hydrogen-bond acceptors (Lipinski definition) is 5. The first-order chi connectivity index (χ1) is 10.5. The van der Waals surface area contributed by atoms with Crippen LogP contribution in [0.15, 0.2) is 30.3 Å². The van der Waals surface area contributed by atoms with Gasteiger partial charge >= 0.3 is 0 Å².